The lowest BCUT2D eigenvalue weighted by Gasteiger charge is -2.31. The molecule has 0 aliphatic heterocycles. The second-order valence-electron chi connectivity index (χ2n) is 6.12. The maximum absolute atomic E-state index is 9.25. The molecule has 0 aliphatic rings. The molecule has 0 amide bonds. The summed E-state index contributed by atoms with van der Waals surface area (Å²) < 4.78 is 11.5. The zero-order valence-electron chi connectivity index (χ0n) is 11.7. The van der Waals surface area contributed by atoms with E-state index in [0.717, 1.165) is 5.06 Å². The van der Waals surface area contributed by atoms with Gasteiger partial charge in [-0.3, -0.25) is 0 Å². The van der Waals surface area contributed by atoms with Crippen molar-refractivity contribution in [2.45, 2.75) is 58.8 Å². The van der Waals surface area contributed by atoms with Crippen molar-refractivity contribution in [1.29, 1.82) is 0 Å². The molecule has 0 aromatic heterocycles. The molecular weight excluding hydrogens is 206 g/mol. The standard InChI is InChI=1S/C12H27NO3/c1-11(2,3)15-9-10(8-13(7)14)16-12(4,5)6/h10,14H,8-9H2,1-7H3. The summed E-state index contributed by atoms with van der Waals surface area (Å²) in [7, 11) is 1.61. The van der Waals surface area contributed by atoms with Crippen molar-refractivity contribution in [2.24, 2.45) is 0 Å². The highest BCUT2D eigenvalue weighted by Crippen LogP contribution is 2.14. The lowest BCUT2D eigenvalue weighted by molar-refractivity contribution is -0.161. The Morgan fingerprint density at radius 3 is 1.88 bits per heavy atom. The van der Waals surface area contributed by atoms with Gasteiger partial charge in [-0.15, -0.1) is 0 Å². The van der Waals surface area contributed by atoms with Crippen LogP contribution < -0.4 is 0 Å². The van der Waals surface area contributed by atoms with Gasteiger partial charge in [-0.2, -0.15) is 5.06 Å². The molecule has 0 radical (unpaired) electrons. The largest absolute Gasteiger partial charge is 0.373 e. The number of hydroxylamine groups is 2. The van der Waals surface area contributed by atoms with E-state index >= 15 is 0 Å². The van der Waals surface area contributed by atoms with Crippen molar-refractivity contribution < 1.29 is 14.7 Å². The van der Waals surface area contributed by atoms with Crippen LogP contribution >= 0.6 is 0 Å². The number of hydrogen-bond acceptors (Lipinski definition) is 4. The van der Waals surface area contributed by atoms with Crippen molar-refractivity contribution >= 4 is 0 Å². The topological polar surface area (TPSA) is 41.9 Å². The molecule has 1 N–H and O–H groups in total. The zero-order chi connectivity index (χ0) is 13.0. The molecule has 0 aromatic rings. The van der Waals surface area contributed by atoms with Crippen LogP contribution in [-0.4, -0.2) is 47.8 Å². The molecule has 1 unspecified atom stereocenters. The quantitative estimate of drug-likeness (QED) is 0.740. The Morgan fingerprint density at radius 1 is 1.06 bits per heavy atom. The second-order valence-corrected chi connectivity index (χ2v) is 6.12. The monoisotopic (exact) mass is 233 g/mol. The van der Waals surface area contributed by atoms with Crippen LogP contribution in [0.5, 0.6) is 0 Å². The summed E-state index contributed by atoms with van der Waals surface area (Å²) in [6.45, 7) is 12.9. The van der Waals surface area contributed by atoms with Gasteiger partial charge in [0.15, 0.2) is 0 Å². The Balaban J connectivity index is 4.22. The average Bonchev–Trinajstić information content (AvgIpc) is 1.94. The lowest BCUT2D eigenvalue weighted by Crippen LogP contribution is -2.40. The van der Waals surface area contributed by atoms with Crippen molar-refractivity contribution in [1.82, 2.24) is 5.06 Å². The highest BCUT2D eigenvalue weighted by atomic mass is 16.6. The van der Waals surface area contributed by atoms with Crippen molar-refractivity contribution in [3.05, 3.63) is 0 Å². The predicted molar refractivity (Wildman–Crippen MR) is 64.7 cm³/mol. The van der Waals surface area contributed by atoms with Gasteiger partial charge in [0, 0.05) is 7.05 Å². The van der Waals surface area contributed by atoms with Gasteiger partial charge < -0.3 is 14.7 Å². The van der Waals surface area contributed by atoms with E-state index in [0.29, 0.717) is 13.2 Å². The third-order valence-corrected chi connectivity index (χ3v) is 1.69. The van der Waals surface area contributed by atoms with Crippen LogP contribution in [0.15, 0.2) is 0 Å². The van der Waals surface area contributed by atoms with E-state index in [-0.39, 0.29) is 17.3 Å². The molecule has 1 atom stereocenters. The van der Waals surface area contributed by atoms with Gasteiger partial charge in [-0.25, -0.2) is 0 Å². The SMILES string of the molecule is CN(O)CC(COC(C)(C)C)OC(C)(C)C. The number of likely N-dealkylation sites (N-methyl/N-ethyl adjacent to an activating group) is 1. The van der Waals surface area contributed by atoms with Gasteiger partial charge >= 0.3 is 0 Å². The summed E-state index contributed by atoms with van der Waals surface area (Å²) in [5, 5.41) is 10.4. The maximum Gasteiger partial charge on any atom is 0.0965 e. The molecule has 0 heterocycles. The fraction of sp³-hybridized carbons (Fsp3) is 1.00. The molecule has 0 spiro atoms. The number of nitrogens with zero attached hydrogens (tertiary/aromatic N) is 1. The highest BCUT2D eigenvalue weighted by Gasteiger charge is 2.22. The summed E-state index contributed by atoms with van der Waals surface area (Å²) in [6, 6.07) is 0. The van der Waals surface area contributed by atoms with Gasteiger partial charge in [0.25, 0.3) is 0 Å². The van der Waals surface area contributed by atoms with Crippen LogP contribution in [0.25, 0.3) is 0 Å². The number of ether oxygens (including phenoxy) is 2. The minimum atomic E-state index is -0.234. The molecule has 4 nitrogen and oxygen atoms in total. The molecule has 98 valence electrons. The van der Waals surface area contributed by atoms with E-state index in [1.54, 1.807) is 7.05 Å². The van der Waals surface area contributed by atoms with E-state index in [1.165, 1.54) is 0 Å². The molecule has 4 heteroatoms. The normalized spacial score (nSPS) is 15.6. The van der Waals surface area contributed by atoms with Crippen LogP contribution in [0.2, 0.25) is 0 Å². The molecule has 0 rings (SSSR count). The van der Waals surface area contributed by atoms with E-state index in [4.69, 9.17) is 9.47 Å². The molecule has 0 saturated carbocycles. The summed E-state index contributed by atoms with van der Waals surface area (Å²) in [5.74, 6) is 0. The van der Waals surface area contributed by atoms with Crippen LogP contribution in [0, 0.1) is 0 Å². The fourth-order valence-electron chi connectivity index (χ4n) is 1.26. The van der Waals surface area contributed by atoms with Gasteiger partial charge in [0.2, 0.25) is 0 Å². The van der Waals surface area contributed by atoms with Crippen molar-refractivity contribution in [2.75, 3.05) is 20.2 Å². The molecule has 0 fully saturated rings. The number of rotatable bonds is 5. The minimum absolute atomic E-state index is 0.130. The zero-order valence-corrected chi connectivity index (χ0v) is 11.7. The van der Waals surface area contributed by atoms with E-state index in [9.17, 15) is 5.21 Å². The smallest absolute Gasteiger partial charge is 0.0965 e. The summed E-state index contributed by atoms with van der Waals surface area (Å²) >= 11 is 0. The maximum atomic E-state index is 9.25. The van der Waals surface area contributed by atoms with Gasteiger partial charge in [-0.05, 0) is 41.5 Å². The van der Waals surface area contributed by atoms with Gasteiger partial charge in [0.1, 0.15) is 0 Å². The molecular formula is C12H27NO3. The van der Waals surface area contributed by atoms with Crippen LogP contribution in [0.3, 0.4) is 0 Å². The van der Waals surface area contributed by atoms with Crippen LogP contribution in [0.4, 0.5) is 0 Å². The first-order valence-electron chi connectivity index (χ1n) is 5.71. The summed E-state index contributed by atoms with van der Waals surface area (Å²) in [6.07, 6.45) is -0.130. The van der Waals surface area contributed by atoms with Crippen LogP contribution in [0.1, 0.15) is 41.5 Å². The molecule has 16 heavy (non-hydrogen) atoms. The third kappa shape index (κ3) is 10.4. The lowest BCUT2D eigenvalue weighted by atomic mass is 10.1. The average molecular weight is 233 g/mol. The van der Waals surface area contributed by atoms with Gasteiger partial charge in [-0.1, -0.05) is 0 Å². The Labute approximate surface area is 99.5 Å². The first-order valence-corrected chi connectivity index (χ1v) is 5.71. The van der Waals surface area contributed by atoms with Crippen LogP contribution in [-0.2, 0) is 9.47 Å². The first kappa shape index (κ1) is 15.8. The Morgan fingerprint density at radius 2 is 1.56 bits per heavy atom. The number of hydrogen-bond donors (Lipinski definition) is 1. The minimum Gasteiger partial charge on any atom is -0.373 e. The van der Waals surface area contributed by atoms with Crippen molar-refractivity contribution in [3.8, 4) is 0 Å². The first-order chi connectivity index (χ1) is 6.99. The highest BCUT2D eigenvalue weighted by molar-refractivity contribution is 4.69. The van der Waals surface area contributed by atoms with Crippen molar-refractivity contribution in [3.63, 3.8) is 0 Å². The third-order valence-electron chi connectivity index (χ3n) is 1.69. The molecule has 0 aromatic carbocycles. The Kier molecular flexibility index (Phi) is 5.90. The molecule has 0 bridgehead atoms. The molecule has 0 saturated heterocycles. The van der Waals surface area contributed by atoms with E-state index < -0.39 is 0 Å². The van der Waals surface area contributed by atoms with E-state index in [2.05, 4.69) is 0 Å². The van der Waals surface area contributed by atoms with E-state index in [1.807, 2.05) is 41.5 Å². The van der Waals surface area contributed by atoms with Gasteiger partial charge in [0.05, 0.1) is 30.5 Å². The predicted octanol–water partition coefficient (Wildman–Crippen LogP) is 2.31. The Hall–Kier alpha value is -0.160. The second kappa shape index (κ2) is 5.96. The summed E-state index contributed by atoms with van der Waals surface area (Å²) in [4.78, 5) is 0. The molecule has 0 aliphatic carbocycles. The fourth-order valence-corrected chi connectivity index (χ4v) is 1.26. The Bertz CT molecular complexity index is 191. The summed E-state index contributed by atoms with van der Waals surface area (Å²) in [5.41, 5.74) is -0.421.